The fourth-order valence-electron chi connectivity index (χ4n) is 5.46. The van der Waals surface area contributed by atoms with Gasteiger partial charge in [-0.05, 0) is 43.9 Å². The summed E-state index contributed by atoms with van der Waals surface area (Å²) in [5.74, 6) is 5.77. The SMILES string of the molecule is CC.Nc1nc(C#CCC2CCN(C(=O)OCC3CCNC3=O)CC2)nc2c1ncn2[C@@H]1O[C@H](C(=O)NC2CC2)C(O)[C@@H]1O. The van der Waals surface area contributed by atoms with E-state index in [4.69, 9.17) is 15.2 Å². The Labute approximate surface area is 254 Å². The summed E-state index contributed by atoms with van der Waals surface area (Å²) in [7, 11) is 0. The number of aromatic nitrogens is 4. The molecule has 15 nitrogen and oxygen atoms in total. The van der Waals surface area contributed by atoms with Crippen LogP contribution >= 0.6 is 0 Å². The van der Waals surface area contributed by atoms with E-state index in [-0.39, 0.29) is 53.2 Å². The van der Waals surface area contributed by atoms with Gasteiger partial charge in [0.2, 0.25) is 11.7 Å². The van der Waals surface area contributed by atoms with Crippen molar-refractivity contribution in [2.75, 3.05) is 32.0 Å². The molecule has 5 atom stereocenters. The fourth-order valence-corrected chi connectivity index (χ4v) is 5.46. The number of carbonyl (C=O) groups is 3. The maximum atomic E-state index is 12.5. The van der Waals surface area contributed by atoms with Crippen molar-refractivity contribution in [3.05, 3.63) is 12.2 Å². The predicted octanol–water partition coefficient (Wildman–Crippen LogP) is 0.0588. The zero-order chi connectivity index (χ0) is 31.4. The summed E-state index contributed by atoms with van der Waals surface area (Å²) in [5.41, 5.74) is 6.66. The standard InChI is InChI=1S/C27H34N8O7.C2H6/c28-22-18-23(35(13-30-18)26-20(37)19(36)21(42-26)25(39)31-16-4-5-16)33-17(32-22)3-1-2-14-7-10-34(11-8-14)27(40)41-12-15-6-9-29-24(15)38;1-2/h13-16,19-21,26,36-37H,2,4-12H2,(H,29,38)(H,31,39)(H2,28,32,33);1-2H3/t15?,19?,20-,21-,26+;/m0./s1. The first-order valence-electron chi connectivity index (χ1n) is 15.3. The summed E-state index contributed by atoms with van der Waals surface area (Å²) < 4.78 is 12.5. The second kappa shape index (κ2) is 13.7. The number of imidazole rings is 1. The summed E-state index contributed by atoms with van der Waals surface area (Å²) in [4.78, 5) is 51.1. The molecule has 4 aliphatic rings. The van der Waals surface area contributed by atoms with E-state index in [1.165, 1.54) is 10.9 Å². The molecule has 0 bridgehead atoms. The molecule has 238 valence electrons. The Bertz CT molecular complexity index is 1430. The molecule has 1 aliphatic carbocycles. The van der Waals surface area contributed by atoms with E-state index >= 15 is 0 Å². The first-order valence-corrected chi connectivity index (χ1v) is 15.3. The number of fused-ring (bicyclic) bond motifs is 1. The van der Waals surface area contributed by atoms with E-state index in [0.717, 1.165) is 25.7 Å². The number of piperidine rings is 1. The molecule has 4 fully saturated rings. The van der Waals surface area contributed by atoms with Crippen LogP contribution in [0.3, 0.4) is 0 Å². The molecule has 15 heteroatoms. The highest BCUT2D eigenvalue weighted by Crippen LogP contribution is 2.33. The molecule has 2 unspecified atom stereocenters. The van der Waals surface area contributed by atoms with Gasteiger partial charge in [-0.1, -0.05) is 19.8 Å². The van der Waals surface area contributed by atoms with Gasteiger partial charge in [0.15, 0.2) is 23.8 Å². The van der Waals surface area contributed by atoms with Gasteiger partial charge in [-0.15, -0.1) is 0 Å². The number of carbonyl (C=O) groups excluding carboxylic acids is 3. The Balaban J connectivity index is 0.00000188. The number of amides is 3. The molecule has 5 heterocycles. The molecule has 3 aliphatic heterocycles. The molecular formula is C29H40N8O7. The van der Waals surface area contributed by atoms with Crippen molar-refractivity contribution in [2.45, 2.75) is 83.0 Å². The van der Waals surface area contributed by atoms with E-state index in [1.54, 1.807) is 4.90 Å². The highest BCUT2D eigenvalue weighted by Gasteiger charge is 2.48. The number of hydrogen-bond donors (Lipinski definition) is 5. The number of aliphatic hydroxyl groups excluding tert-OH is 2. The van der Waals surface area contributed by atoms with Gasteiger partial charge in [0.1, 0.15) is 24.3 Å². The Morgan fingerprint density at radius 1 is 1.16 bits per heavy atom. The topological polar surface area (TPSA) is 207 Å². The summed E-state index contributed by atoms with van der Waals surface area (Å²) in [6.45, 7) is 5.81. The third-order valence-electron chi connectivity index (χ3n) is 8.18. The van der Waals surface area contributed by atoms with E-state index in [0.29, 0.717) is 32.5 Å². The smallest absolute Gasteiger partial charge is 0.409 e. The van der Waals surface area contributed by atoms with Crippen LogP contribution in [0.5, 0.6) is 0 Å². The summed E-state index contributed by atoms with van der Waals surface area (Å²) >= 11 is 0. The molecule has 2 aromatic rings. The molecule has 44 heavy (non-hydrogen) atoms. The number of nitrogens with zero attached hydrogens (tertiary/aromatic N) is 5. The van der Waals surface area contributed by atoms with Crippen LogP contribution in [0.25, 0.3) is 11.2 Å². The molecule has 3 amide bonds. The number of aliphatic hydroxyl groups is 2. The van der Waals surface area contributed by atoms with Crippen LogP contribution in [0.4, 0.5) is 10.6 Å². The first-order chi connectivity index (χ1) is 21.3. The van der Waals surface area contributed by atoms with Crippen molar-refractivity contribution in [3.8, 4) is 11.8 Å². The molecule has 6 N–H and O–H groups in total. The average molecular weight is 613 g/mol. The number of nitrogen functional groups attached to an aromatic ring is 1. The zero-order valence-corrected chi connectivity index (χ0v) is 24.9. The summed E-state index contributed by atoms with van der Waals surface area (Å²) in [6, 6.07) is 0.0774. The van der Waals surface area contributed by atoms with Gasteiger partial charge in [-0.2, -0.15) is 0 Å². The minimum absolute atomic E-state index is 0.0699. The van der Waals surface area contributed by atoms with E-state index < -0.39 is 36.5 Å². The lowest BCUT2D eigenvalue weighted by molar-refractivity contribution is -0.137. The average Bonchev–Trinajstić information content (AvgIpc) is 3.45. The summed E-state index contributed by atoms with van der Waals surface area (Å²) in [6.07, 6.45) is 0.339. The lowest BCUT2D eigenvalue weighted by atomic mass is 9.94. The highest BCUT2D eigenvalue weighted by molar-refractivity contribution is 5.83. The maximum absolute atomic E-state index is 12.5. The number of nitrogens with one attached hydrogen (secondary N) is 2. The fraction of sp³-hybridized carbons (Fsp3) is 0.655. The maximum Gasteiger partial charge on any atom is 0.409 e. The van der Waals surface area contributed by atoms with Crippen LogP contribution < -0.4 is 16.4 Å². The lowest BCUT2D eigenvalue weighted by Crippen LogP contribution is -2.43. The Morgan fingerprint density at radius 3 is 2.59 bits per heavy atom. The van der Waals surface area contributed by atoms with Crippen molar-refractivity contribution in [2.24, 2.45) is 11.8 Å². The molecule has 0 spiro atoms. The Hall–Kier alpha value is -4.00. The van der Waals surface area contributed by atoms with Crippen LogP contribution in [-0.2, 0) is 19.1 Å². The number of likely N-dealkylation sites (tertiary alicyclic amines) is 1. The lowest BCUT2D eigenvalue weighted by Gasteiger charge is -2.30. The molecule has 1 saturated carbocycles. The minimum atomic E-state index is -1.42. The first kappa shape index (κ1) is 31.4. The molecule has 2 aromatic heterocycles. The van der Waals surface area contributed by atoms with Crippen LogP contribution in [0.15, 0.2) is 6.33 Å². The van der Waals surface area contributed by atoms with Crippen molar-refractivity contribution >= 4 is 34.9 Å². The molecular weight excluding hydrogens is 572 g/mol. The van der Waals surface area contributed by atoms with Gasteiger partial charge in [-0.3, -0.25) is 14.2 Å². The molecule has 0 aromatic carbocycles. The number of nitrogens with two attached hydrogens (primary N) is 1. The minimum Gasteiger partial charge on any atom is -0.449 e. The van der Waals surface area contributed by atoms with E-state index in [9.17, 15) is 24.6 Å². The van der Waals surface area contributed by atoms with Crippen LogP contribution in [0, 0.1) is 23.7 Å². The van der Waals surface area contributed by atoms with E-state index in [1.807, 2.05) is 13.8 Å². The Morgan fingerprint density at radius 2 is 1.91 bits per heavy atom. The number of hydrogen-bond acceptors (Lipinski definition) is 11. The van der Waals surface area contributed by atoms with Crippen LogP contribution in [0.2, 0.25) is 0 Å². The number of ether oxygens (including phenoxy) is 2. The van der Waals surface area contributed by atoms with Crippen molar-refractivity contribution < 1.29 is 34.1 Å². The van der Waals surface area contributed by atoms with Crippen LogP contribution in [0.1, 0.15) is 64.4 Å². The highest BCUT2D eigenvalue weighted by atomic mass is 16.6. The van der Waals surface area contributed by atoms with Crippen molar-refractivity contribution in [1.29, 1.82) is 0 Å². The summed E-state index contributed by atoms with van der Waals surface area (Å²) in [5, 5.41) is 26.7. The van der Waals surface area contributed by atoms with Gasteiger partial charge < -0.3 is 41.0 Å². The second-order valence-corrected chi connectivity index (χ2v) is 11.3. The van der Waals surface area contributed by atoms with Crippen molar-refractivity contribution in [3.63, 3.8) is 0 Å². The largest absolute Gasteiger partial charge is 0.449 e. The predicted molar refractivity (Wildman–Crippen MR) is 156 cm³/mol. The molecule has 3 saturated heterocycles. The number of anilines is 1. The van der Waals surface area contributed by atoms with E-state index in [2.05, 4.69) is 37.4 Å². The van der Waals surface area contributed by atoms with Crippen LogP contribution in [-0.4, -0.2) is 103 Å². The quantitative estimate of drug-likeness (QED) is 0.276. The Kier molecular flexibility index (Phi) is 9.82. The zero-order valence-electron chi connectivity index (χ0n) is 24.9. The van der Waals surface area contributed by atoms with Gasteiger partial charge in [0, 0.05) is 32.1 Å². The second-order valence-electron chi connectivity index (χ2n) is 11.3. The van der Waals surface area contributed by atoms with Gasteiger partial charge in [0.05, 0.1) is 12.2 Å². The monoisotopic (exact) mass is 612 g/mol. The third kappa shape index (κ3) is 6.87. The molecule has 0 radical (unpaired) electrons. The normalized spacial score (nSPS) is 26.8. The van der Waals surface area contributed by atoms with Gasteiger partial charge >= 0.3 is 6.09 Å². The van der Waals surface area contributed by atoms with Crippen molar-refractivity contribution in [1.82, 2.24) is 35.1 Å². The number of rotatable bonds is 6. The van der Waals surface area contributed by atoms with Gasteiger partial charge in [-0.25, -0.2) is 19.7 Å². The third-order valence-corrected chi connectivity index (χ3v) is 8.18. The van der Waals surface area contributed by atoms with Gasteiger partial charge in [0.25, 0.3) is 5.91 Å². The molecule has 6 rings (SSSR count).